The van der Waals surface area contributed by atoms with Gasteiger partial charge in [-0.05, 0) is 25.5 Å². The molecule has 0 saturated heterocycles. The first-order valence-corrected chi connectivity index (χ1v) is 6.58. The molecule has 2 rings (SSSR count). The summed E-state index contributed by atoms with van der Waals surface area (Å²) in [5.74, 6) is 0.780. The molecule has 0 aliphatic carbocycles. The van der Waals surface area contributed by atoms with Crippen molar-refractivity contribution in [1.82, 2.24) is 9.61 Å². The van der Waals surface area contributed by atoms with Gasteiger partial charge in [-0.15, -0.1) is 17.5 Å². The fourth-order valence-electron chi connectivity index (χ4n) is 1.99. The smallest absolute Gasteiger partial charge is 0.172 e. The molecule has 21 heavy (non-hydrogen) atoms. The normalized spacial score (nSPS) is 10.9. The van der Waals surface area contributed by atoms with Gasteiger partial charge >= 0.3 is 0 Å². The zero-order valence-corrected chi connectivity index (χ0v) is 14.8. The summed E-state index contributed by atoms with van der Waals surface area (Å²) in [4.78, 5) is 0. The summed E-state index contributed by atoms with van der Waals surface area (Å²) >= 11 is 0. The van der Waals surface area contributed by atoms with Gasteiger partial charge in [0.15, 0.2) is 5.82 Å². The highest BCUT2D eigenvalue weighted by molar-refractivity contribution is 5.85. The maximum absolute atomic E-state index is 6.16. The number of anilines is 2. The SMILES string of the molecule is Cc1ccc2c(N)c(NCC[N+](C)(C)C)nn2c1C.Cl.[Cl-]. The Balaban J connectivity index is 0.00000200. The van der Waals surface area contributed by atoms with Gasteiger partial charge in [0.05, 0.1) is 39.7 Å². The number of aromatic nitrogens is 2. The first kappa shape index (κ1) is 19.8. The highest BCUT2D eigenvalue weighted by Crippen LogP contribution is 2.24. The van der Waals surface area contributed by atoms with Gasteiger partial charge in [-0.2, -0.15) is 0 Å². The summed E-state index contributed by atoms with van der Waals surface area (Å²) in [6, 6.07) is 4.11. The molecule has 0 amide bonds. The highest BCUT2D eigenvalue weighted by atomic mass is 35.5. The van der Waals surface area contributed by atoms with E-state index < -0.39 is 0 Å². The summed E-state index contributed by atoms with van der Waals surface area (Å²) in [6.07, 6.45) is 0. The van der Waals surface area contributed by atoms with E-state index in [2.05, 4.69) is 51.5 Å². The molecule has 0 bridgehead atoms. The second-order valence-corrected chi connectivity index (χ2v) is 6.10. The van der Waals surface area contributed by atoms with Gasteiger partial charge in [-0.1, -0.05) is 6.07 Å². The van der Waals surface area contributed by atoms with Crippen molar-refractivity contribution in [1.29, 1.82) is 0 Å². The van der Waals surface area contributed by atoms with Gasteiger partial charge in [0, 0.05) is 5.69 Å². The number of likely N-dealkylation sites (N-methyl/N-ethyl adjacent to an activating group) is 1. The molecule has 3 N–H and O–H groups in total. The van der Waals surface area contributed by atoms with Crippen LogP contribution in [-0.2, 0) is 0 Å². The summed E-state index contributed by atoms with van der Waals surface area (Å²) in [7, 11) is 6.51. The molecule has 0 spiro atoms. The molecular formula is C14H25Cl2N5. The van der Waals surface area contributed by atoms with Crippen LogP contribution in [0, 0.1) is 13.8 Å². The number of fused-ring (bicyclic) bond motifs is 1. The number of nitrogens with two attached hydrogens (primary N) is 1. The number of nitrogens with one attached hydrogen (secondary N) is 1. The molecule has 0 atom stereocenters. The summed E-state index contributed by atoms with van der Waals surface area (Å²) in [5.41, 5.74) is 10.2. The van der Waals surface area contributed by atoms with Crippen LogP contribution in [0.3, 0.4) is 0 Å². The molecule has 0 radical (unpaired) electrons. The lowest BCUT2D eigenvalue weighted by Crippen LogP contribution is -3.00. The predicted molar refractivity (Wildman–Crippen MR) is 87.7 cm³/mol. The summed E-state index contributed by atoms with van der Waals surface area (Å²) in [5, 5.41) is 7.90. The monoisotopic (exact) mass is 333 g/mol. The van der Waals surface area contributed by atoms with Crippen molar-refractivity contribution < 1.29 is 16.9 Å². The number of pyridine rings is 1. The molecule has 0 aromatic carbocycles. The fourth-order valence-corrected chi connectivity index (χ4v) is 1.99. The Bertz CT molecular complexity index is 601. The Morgan fingerprint density at radius 3 is 2.43 bits per heavy atom. The molecule has 0 aliphatic rings. The average Bonchev–Trinajstić information content (AvgIpc) is 2.61. The zero-order valence-electron chi connectivity index (χ0n) is 13.3. The number of nitrogens with zero attached hydrogens (tertiary/aromatic N) is 3. The van der Waals surface area contributed by atoms with Crippen LogP contribution in [0.25, 0.3) is 5.52 Å². The van der Waals surface area contributed by atoms with Crippen LogP contribution >= 0.6 is 12.4 Å². The van der Waals surface area contributed by atoms with Crippen molar-refractivity contribution in [2.24, 2.45) is 0 Å². The lowest BCUT2D eigenvalue weighted by atomic mass is 10.2. The number of quaternary nitrogens is 1. The van der Waals surface area contributed by atoms with Gasteiger partial charge in [0.1, 0.15) is 5.69 Å². The number of hydrogen-bond acceptors (Lipinski definition) is 3. The average molecular weight is 334 g/mol. The molecule has 120 valence electrons. The molecule has 7 heteroatoms. The maximum Gasteiger partial charge on any atom is 0.172 e. The molecule has 0 aliphatic heterocycles. The minimum absolute atomic E-state index is 0. The number of nitrogen functional groups attached to an aromatic ring is 1. The third kappa shape index (κ3) is 4.40. The van der Waals surface area contributed by atoms with E-state index in [-0.39, 0.29) is 24.8 Å². The van der Waals surface area contributed by atoms with Gasteiger partial charge in [-0.25, -0.2) is 4.52 Å². The van der Waals surface area contributed by atoms with E-state index in [1.165, 1.54) is 5.56 Å². The van der Waals surface area contributed by atoms with Crippen LogP contribution in [0.15, 0.2) is 12.1 Å². The maximum atomic E-state index is 6.16. The minimum Gasteiger partial charge on any atom is -1.00 e. The quantitative estimate of drug-likeness (QED) is 0.711. The summed E-state index contributed by atoms with van der Waals surface area (Å²) < 4.78 is 2.83. The molecule has 5 nitrogen and oxygen atoms in total. The topological polar surface area (TPSA) is 55.3 Å². The Morgan fingerprint density at radius 1 is 1.24 bits per heavy atom. The molecule has 0 saturated carbocycles. The van der Waals surface area contributed by atoms with Crippen molar-refractivity contribution in [2.45, 2.75) is 13.8 Å². The van der Waals surface area contributed by atoms with Crippen LogP contribution in [0.1, 0.15) is 11.3 Å². The molecule has 2 heterocycles. The Morgan fingerprint density at radius 2 is 1.86 bits per heavy atom. The number of hydrogen-bond donors (Lipinski definition) is 2. The standard InChI is InChI=1S/C14H24N5.2ClH/c1-10-6-7-12-13(15)14(17-18(12)11(10)2)16-8-9-19(3,4)5;;/h6-7H,8-9,15H2,1-5H3,(H,16,17);2*1H/q+1;;/p-1. The zero-order chi connectivity index (χ0) is 14.2. The van der Waals surface area contributed by atoms with Gasteiger partial charge in [-0.3, -0.25) is 0 Å². The van der Waals surface area contributed by atoms with Gasteiger partial charge < -0.3 is 27.9 Å². The van der Waals surface area contributed by atoms with Crippen molar-refractivity contribution in [2.75, 3.05) is 45.3 Å². The van der Waals surface area contributed by atoms with Crippen LogP contribution < -0.4 is 23.5 Å². The second-order valence-electron chi connectivity index (χ2n) is 6.10. The third-order valence-corrected chi connectivity index (χ3v) is 3.41. The lowest BCUT2D eigenvalue weighted by molar-refractivity contribution is -0.868. The summed E-state index contributed by atoms with van der Waals surface area (Å²) in [6.45, 7) is 6.02. The molecule has 0 fully saturated rings. The molecule has 2 aromatic heterocycles. The Hall–Kier alpha value is -1.17. The number of aryl methyl sites for hydroxylation is 2. The highest BCUT2D eigenvalue weighted by Gasteiger charge is 2.13. The predicted octanol–water partition coefficient (Wildman–Crippen LogP) is -0.923. The van der Waals surface area contributed by atoms with Crippen LogP contribution in [0.2, 0.25) is 0 Å². The van der Waals surface area contributed by atoms with E-state index >= 15 is 0 Å². The van der Waals surface area contributed by atoms with E-state index in [1.54, 1.807) is 0 Å². The van der Waals surface area contributed by atoms with Crippen LogP contribution in [-0.4, -0.2) is 48.3 Å². The fraction of sp³-hybridized carbons (Fsp3) is 0.500. The van der Waals surface area contributed by atoms with E-state index in [4.69, 9.17) is 5.73 Å². The lowest BCUT2D eigenvalue weighted by Gasteiger charge is -2.23. The van der Waals surface area contributed by atoms with Crippen molar-refractivity contribution in [3.05, 3.63) is 23.4 Å². The van der Waals surface area contributed by atoms with Crippen LogP contribution in [0.5, 0.6) is 0 Å². The third-order valence-electron chi connectivity index (χ3n) is 3.41. The van der Waals surface area contributed by atoms with E-state index in [0.29, 0.717) is 0 Å². The Labute approximate surface area is 138 Å². The van der Waals surface area contributed by atoms with E-state index in [0.717, 1.165) is 40.3 Å². The number of halogens is 2. The molecule has 2 aromatic rings. The Kier molecular flexibility index (Phi) is 6.80. The van der Waals surface area contributed by atoms with Crippen molar-refractivity contribution in [3.8, 4) is 0 Å². The van der Waals surface area contributed by atoms with Gasteiger partial charge in [0.25, 0.3) is 0 Å². The minimum atomic E-state index is 0. The van der Waals surface area contributed by atoms with Gasteiger partial charge in [0.2, 0.25) is 0 Å². The largest absolute Gasteiger partial charge is 1.00 e. The first-order chi connectivity index (χ1) is 8.79. The van der Waals surface area contributed by atoms with E-state index in [1.807, 2.05) is 10.6 Å². The van der Waals surface area contributed by atoms with E-state index in [9.17, 15) is 0 Å². The van der Waals surface area contributed by atoms with Crippen LogP contribution in [0.4, 0.5) is 11.5 Å². The number of rotatable bonds is 4. The second kappa shape index (κ2) is 7.20. The molecular weight excluding hydrogens is 309 g/mol. The first-order valence-electron chi connectivity index (χ1n) is 6.58. The van der Waals surface area contributed by atoms with Crippen molar-refractivity contribution in [3.63, 3.8) is 0 Å². The van der Waals surface area contributed by atoms with Crippen molar-refractivity contribution >= 4 is 29.4 Å². The molecule has 0 unspecified atom stereocenters.